The van der Waals surface area contributed by atoms with Crippen molar-refractivity contribution < 1.29 is 8.42 Å². The third kappa shape index (κ3) is 3.17. The molecule has 0 bridgehead atoms. The van der Waals surface area contributed by atoms with Gasteiger partial charge < -0.3 is 5.73 Å². The van der Waals surface area contributed by atoms with Gasteiger partial charge in [0.2, 0.25) is 10.0 Å². The van der Waals surface area contributed by atoms with Crippen LogP contribution in [0.3, 0.4) is 0 Å². The van der Waals surface area contributed by atoms with Gasteiger partial charge in [-0.3, -0.25) is 0 Å². The molecule has 1 aliphatic rings. The molecular weight excluding hydrogens is 296 g/mol. The van der Waals surface area contributed by atoms with Gasteiger partial charge >= 0.3 is 0 Å². The van der Waals surface area contributed by atoms with Gasteiger partial charge in [-0.1, -0.05) is 17.7 Å². The van der Waals surface area contributed by atoms with Gasteiger partial charge in [-0.25, -0.2) is 8.42 Å². The van der Waals surface area contributed by atoms with Crippen LogP contribution >= 0.6 is 11.6 Å². The van der Waals surface area contributed by atoms with Gasteiger partial charge in [-0.2, -0.15) is 4.31 Å². The molecule has 112 valence electrons. The Balaban J connectivity index is 2.32. The predicted molar refractivity (Wildman–Crippen MR) is 81.3 cm³/mol. The standard InChI is InChI=1S/C14H21ClN2O2S/c1-10-5-6-13(15)8-14(10)20(18,19)17-7-3-4-12(9-17)11(2)16/h5-6,8,11-12H,3-4,7,9,16H2,1-2H3/t11-,12+/m0/s1. The van der Waals surface area contributed by atoms with Gasteiger partial charge in [0, 0.05) is 24.2 Å². The summed E-state index contributed by atoms with van der Waals surface area (Å²) in [6.45, 7) is 4.77. The Morgan fingerprint density at radius 3 is 2.80 bits per heavy atom. The van der Waals surface area contributed by atoms with Crippen molar-refractivity contribution in [1.29, 1.82) is 0 Å². The van der Waals surface area contributed by atoms with Crippen molar-refractivity contribution in [2.75, 3.05) is 13.1 Å². The molecule has 2 rings (SSSR count). The average molecular weight is 317 g/mol. The summed E-state index contributed by atoms with van der Waals surface area (Å²) in [5.74, 6) is 0.220. The van der Waals surface area contributed by atoms with Crippen LogP contribution in [0.4, 0.5) is 0 Å². The van der Waals surface area contributed by atoms with E-state index in [1.807, 2.05) is 6.92 Å². The third-order valence-electron chi connectivity index (χ3n) is 3.93. The monoisotopic (exact) mass is 316 g/mol. The smallest absolute Gasteiger partial charge is 0.243 e. The second kappa shape index (κ2) is 6.02. The SMILES string of the molecule is Cc1ccc(Cl)cc1S(=O)(=O)N1CCC[C@@H]([C@H](C)N)C1. The van der Waals surface area contributed by atoms with Crippen LogP contribution in [0, 0.1) is 12.8 Å². The second-order valence-corrected chi connectivity index (χ2v) is 7.88. The molecule has 6 heteroatoms. The molecule has 0 aliphatic carbocycles. The summed E-state index contributed by atoms with van der Waals surface area (Å²) >= 11 is 5.94. The third-order valence-corrected chi connectivity index (χ3v) is 6.17. The molecule has 0 radical (unpaired) electrons. The van der Waals surface area contributed by atoms with Crippen LogP contribution in [0.25, 0.3) is 0 Å². The number of aryl methyl sites for hydroxylation is 1. The number of halogens is 1. The minimum absolute atomic E-state index is 0.00783. The summed E-state index contributed by atoms with van der Waals surface area (Å²) in [6.07, 6.45) is 1.84. The van der Waals surface area contributed by atoms with E-state index in [0.717, 1.165) is 18.4 Å². The van der Waals surface area contributed by atoms with E-state index in [9.17, 15) is 8.42 Å². The first-order chi connectivity index (χ1) is 9.32. The Bertz CT molecular complexity index is 587. The highest BCUT2D eigenvalue weighted by Crippen LogP contribution is 2.28. The van der Waals surface area contributed by atoms with Crippen LogP contribution in [-0.4, -0.2) is 31.9 Å². The minimum atomic E-state index is -3.49. The second-order valence-electron chi connectivity index (χ2n) is 5.53. The molecule has 1 fully saturated rings. The van der Waals surface area contributed by atoms with Crippen molar-refractivity contribution in [2.45, 2.75) is 37.6 Å². The first kappa shape index (κ1) is 15.8. The maximum absolute atomic E-state index is 12.8. The highest BCUT2D eigenvalue weighted by molar-refractivity contribution is 7.89. The topological polar surface area (TPSA) is 63.4 Å². The number of piperidine rings is 1. The van der Waals surface area contributed by atoms with Crippen LogP contribution in [0.15, 0.2) is 23.1 Å². The van der Waals surface area contributed by atoms with Gasteiger partial charge in [0.25, 0.3) is 0 Å². The molecule has 2 N–H and O–H groups in total. The maximum Gasteiger partial charge on any atom is 0.243 e. The largest absolute Gasteiger partial charge is 0.328 e. The lowest BCUT2D eigenvalue weighted by Gasteiger charge is -2.34. The summed E-state index contributed by atoms with van der Waals surface area (Å²) < 4.78 is 27.1. The van der Waals surface area contributed by atoms with Gasteiger partial charge in [0.15, 0.2) is 0 Å². The van der Waals surface area contributed by atoms with Gasteiger partial charge in [0.05, 0.1) is 4.90 Å². The lowest BCUT2D eigenvalue weighted by Crippen LogP contribution is -2.45. The average Bonchev–Trinajstić information content (AvgIpc) is 2.41. The zero-order chi connectivity index (χ0) is 14.9. The summed E-state index contributed by atoms with van der Waals surface area (Å²) in [5.41, 5.74) is 6.64. The van der Waals surface area contributed by atoms with E-state index in [4.69, 9.17) is 17.3 Å². The number of hydrogen-bond donors (Lipinski definition) is 1. The van der Waals surface area contributed by atoms with E-state index >= 15 is 0 Å². The van der Waals surface area contributed by atoms with Crippen molar-refractivity contribution in [1.82, 2.24) is 4.31 Å². The normalized spacial score (nSPS) is 22.7. The molecule has 1 aromatic rings. The lowest BCUT2D eigenvalue weighted by molar-refractivity contribution is 0.243. The number of sulfonamides is 1. The molecule has 1 saturated heterocycles. The molecule has 4 nitrogen and oxygen atoms in total. The minimum Gasteiger partial charge on any atom is -0.328 e. The Kier molecular flexibility index (Phi) is 4.74. The molecule has 1 aromatic carbocycles. The van der Waals surface area contributed by atoms with E-state index in [1.165, 1.54) is 6.07 Å². The van der Waals surface area contributed by atoms with Crippen molar-refractivity contribution in [3.8, 4) is 0 Å². The fourth-order valence-corrected chi connectivity index (χ4v) is 4.64. The molecule has 20 heavy (non-hydrogen) atoms. The molecule has 1 heterocycles. The highest BCUT2D eigenvalue weighted by atomic mass is 35.5. The fourth-order valence-electron chi connectivity index (χ4n) is 2.61. The van der Waals surface area contributed by atoms with Crippen LogP contribution in [0.5, 0.6) is 0 Å². The van der Waals surface area contributed by atoms with E-state index in [0.29, 0.717) is 23.0 Å². The Morgan fingerprint density at radius 1 is 1.45 bits per heavy atom. The molecular formula is C14H21ClN2O2S. The van der Waals surface area contributed by atoms with E-state index in [-0.39, 0.29) is 12.0 Å². The zero-order valence-corrected chi connectivity index (χ0v) is 13.4. The van der Waals surface area contributed by atoms with Crippen LogP contribution in [-0.2, 0) is 10.0 Å². The van der Waals surface area contributed by atoms with E-state index in [2.05, 4.69) is 0 Å². The van der Waals surface area contributed by atoms with Crippen LogP contribution < -0.4 is 5.73 Å². The van der Waals surface area contributed by atoms with Crippen LogP contribution in [0.1, 0.15) is 25.3 Å². The molecule has 0 aromatic heterocycles. The van der Waals surface area contributed by atoms with Crippen molar-refractivity contribution in [2.24, 2.45) is 11.7 Å². The zero-order valence-electron chi connectivity index (χ0n) is 11.8. The Morgan fingerprint density at radius 2 is 2.15 bits per heavy atom. The summed E-state index contributed by atoms with van der Waals surface area (Å²) in [4.78, 5) is 0.301. The maximum atomic E-state index is 12.8. The highest BCUT2D eigenvalue weighted by Gasteiger charge is 2.32. The van der Waals surface area contributed by atoms with Crippen molar-refractivity contribution in [3.63, 3.8) is 0 Å². The van der Waals surface area contributed by atoms with Crippen molar-refractivity contribution in [3.05, 3.63) is 28.8 Å². The van der Waals surface area contributed by atoms with Gasteiger partial charge in [0.1, 0.15) is 0 Å². The summed E-state index contributed by atoms with van der Waals surface area (Å²) in [7, 11) is -3.49. The number of hydrogen-bond acceptors (Lipinski definition) is 3. The number of nitrogens with two attached hydrogens (primary N) is 1. The van der Waals surface area contributed by atoms with Crippen LogP contribution in [0.2, 0.25) is 5.02 Å². The number of benzene rings is 1. The molecule has 1 aliphatic heterocycles. The van der Waals surface area contributed by atoms with Gasteiger partial charge in [-0.05, 0) is 50.3 Å². The molecule has 0 spiro atoms. The molecule has 2 atom stereocenters. The lowest BCUT2D eigenvalue weighted by atomic mass is 9.93. The van der Waals surface area contributed by atoms with E-state index < -0.39 is 10.0 Å². The van der Waals surface area contributed by atoms with Crippen molar-refractivity contribution >= 4 is 21.6 Å². The Labute approximate surface area is 126 Å². The predicted octanol–water partition coefficient (Wildman–Crippen LogP) is 2.40. The quantitative estimate of drug-likeness (QED) is 0.931. The summed E-state index contributed by atoms with van der Waals surface area (Å²) in [5, 5.41) is 0.440. The molecule has 0 amide bonds. The van der Waals surface area contributed by atoms with Gasteiger partial charge in [-0.15, -0.1) is 0 Å². The number of nitrogens with zero attached hydrogens (tertiary/aromatic N) is 1. The summed E-state index contributed by atoms with van der Waals surface area (Å²) in [6, 6.07) is 4.98. The first-order valence-corrected chi connectivity index (χ1v) is 8.66. The molecule has 0 unspecified atom stereocenters. The first-order valence-electron chi connectivity index (χ1n) is 6.84. The number of rotatable bonds is 3. The fraction of sp³-hybridized carbons (Fsp3) is 0.571. The van der Waals surface area contributed by atoms with E-state index in [1.54, 1.807) is 23.4 Å². The molecule has 0 saturated carbocycles. The Hall–Kier alpha value is -0.620.